The third-order valence-corrected chi connectivity index (χ3v) is 6.72. The molecule has 202 valence electrons. The molecule has 0 unspecified atom stereocenters. The number of amides is 3. The number of urea groups is 1. The van der Waals surface area contributed by atoms with Gasteiger partial charge in [-0.05, 0) is 49.9 Å². The lowest BCUT2D eigenvalue weighted by atomic mass is 9.92. The number of carbonyl (C=O) groups is 2. The molecule has 10 nitrogen and oxygen atoms in total. The Morgan fingerprint density at radius 1 is 1.25 bits per heavy atom. The van der Waals surface area contributed by atoms with E-state index < -0.39 is 12.2 Å². The fraction of sp³-hybridized carbons (Fsp3) is 0.680. The van der Waals surface area contributed by atoms with Crippen LogP contribution in [0.1, 0.15) is 30.9 Å². The van der Waals surface area contributed by atoms with Crippen molar-refractivity contribution in [1.82, 2.24) is 20.9 Å². The minimum absolute atomic E-state index is 0.0382. The average molecular weight is 527 g/mol. The van der Waals surface area contributed by atoms with Crippen LogP contribution in [0.3, 0.4) is 0 Å². The van der Waals surface area contributed by atoms with Crippen molar-refractivity contribution in [3.05, 3.63) is 34.9 Å². The SMILES string of the molecule is CNC[C@H](CC1CCOCC1)NC(=O)N1CCO[C@@H]([C@@H](OCCNC(=O)OC)c2cccc(Cl)c2)C1. The first kappa shape index (κ1) is 28.5. The zero-order chi connectivity index (χ0) is 25.8. The molecule has 11 heteroatoms. The van der Waals surface area contributed by atoms with Crippen LogP contribution in [0.25, 0.3) is 0 Å². The van der Waals surface area contributed by atoms with E-state index in [2.05, 4.69) is 20.7 Å². The largest absolute Gasteiger partial charge is 0.453 e. The fourth-order valence-electron chi connectivity index (χ4n) is 4.65. The number of carbonyl (C=O) groups excluding carboxylic acids is 2. The zero-order valence-electron chi connectivity index (χ0n) is 21.2. The van der Waals surface area contributed by atoms with E-state index in [1.807, 2.05) is 25.2 Å². The Kier molecular flexibility index (Phi) is 12.0. The van der Waals surface area contributed by atoms with Gasteiger partial charge in [-0.25, -0.2) is 9.59 Å². The van der Waals surface area contributed by atoms with Crippen LogP contribution >= 0.6 is 11.6 Å². The van der Waals surface area contributed by atoms with E-state index in [0.717, 1.165) is 38.0 Å². The van der Waals surface area contributed by atoms with Crippen LogP contribution in [0.15, 0.2) is 24.3 Å². The van der Waals surface area contributed by atoms with Gasteiger partial charge in [0.25, 0.3) is 0 Å². The molecule has 0 saturated carbocycles. The minimum atomic E-state index is -0.522. The number of alkyl carbamates (subject to hydrolysis) is 1. The number of hydrogen-bond donors (Lipinski definition) is 3. The van der Waals surface area contributed by atoms with Gasteiger partial charge in [0.05, 0.1) is 26.9 Å². The van der Waals surface area contributed by atoms with E-state index >= 15 is 0 Å². The standard InChI is InChI=1S/C25H39ClN4O6/c1-27-16-21(14-18-6-10-34-11-7-18)29-24(31)30-9-13-35-22(17-30)23(19-4-3-5-20(26)15-19)36-12-8-28-25(32)33-2/h3-5,15,18,21-23,27H,6-14,16-17H2,1-2H3,(H,28,32)(H,29,31)/t21-,22+,23-/m0/s1. The van der Waals surface area contributed by atoms with E-state index in [1.54, 1.807) is 11.0 Å². The van der Waals surface area contributed by atoms with Gasteiger partial charge in [0.1, 0.15) is 12.2 Å². The van der Waals surface area contributed by atoms with Crippen molar-refractivity contribution >= 4 is 23.7 Å². The van der Waals surface area contributed by atoms with Crippen LogP contribution in [-0.4, -0.2) is 95.9 Å². The van der Waals surface area contributed by atoms with Crippen LogP contribution in [0.5, 0.6) is 0 Å². The molecule has 3 amide bonds. The molecule has 2 heterocycles. The molecule has 0 aliphatic carbocycles. The summed E-state index contributed by atoms with van der Waals surface area (Å²) in [7, 11) is 3.21. The van der Waals surface area contributed by atoms with Crippen molar-refractivity contribution in [2.45, 2.75) is 37.5 Å². The number of ether oxygens (including phenoxy) is 4. The fourth-order valence-corrected chi connectivity index (χ4v) is 4.84. The lowest BCUT2D eigenvalue weighted by Crippen LogP contribution is -2.54. The molecule has 2 fully saturated rings. The summed E-state index contributed by atoms with van der Waals surface area (Å²) >= 11 is 6.24. The van der Waals surface area contributed by atoms with Crippen LogP contribution in [0.4, 0.5) is 9.59 Å². The van der Waals surface area contributed by atoms with Crippen LogP contribution in [-0.2, 0) is 18.9 Å². The number of nitrogens with zero attached hydrogens (tertiary/aromatic N) is 1. The Bertz CT molecular complexity index is 825. The molecule has 1 aromatic carbocycles. The number of halogens is 1. The maximum Gasteiger partial charge on any atom is 0.406 e. The van der Waals surface area contributed by atoms with Crippen LogP contribution in [0, 0.1) is 5.92 Å². The molecule has 3 N–H and O–H groups in total. The summed E-state index contributed by atoms with van der Waals surface area (Å²) in [6.45, 7) is 4.07. The molecule has 3 rings (SSSR count). The lowest BCUT2D eigenvalue weighted by molar-refractivity contribution is -0.105. The minimum Gasteiger partial charge on any atom is -0.453 e. The summed E-state index contributed by atoms with van der Waals surface area (Å²) in [6, 6.07) is 7.34. The first-order chi connectivity index (χ1) is 17.5. The van der Waals surface area contributed by atoms with Crippen molar-refractivity contribution in [1.29, 1.82) is 0 Å². The van der Waals surface area contributed by atoms with Crippen LogP contribution in [0.2, 0.25) is 5.02 Å². The number of nitrogens with one attached hydrogen (secondary N) is 3. The van der Waals surface area contributed by atoms with E-state index in [9.17, 15) is 9.59 Å². The highest BCUT2D eigenvalue weighted by Gasteiger charge is 2.33. The second-order valence-electron chi connectivity index (χ2n) is 9.12. The average Bonchev–Trinajstić information content (AvgIpc) is 2.89. The molecule has 1 aromatic rings. The highest BCUT2D eigenvalue weighted by atomic mass is 35.5. The molecule has 0 bridgehead atoms. The van der Waals surface area contributed by atoms with E-state index in [-0.39, 0.29) is 31.3 Å². The second kappa shape index (κ2) is 15.2. The lowest BCUT2D eigenvalue weighted by Gasteiger charge is -2.38. The van der Waals surface area contributed by atoms with E-state index in [1.165, 1.54) is 7.11 Å². The smallest absolute Gasteiger partial charge is 0.406 e. The highest BCUT2D eigenvalue weighted by Crippen LogP contribution is 2.28. The van der Waals surface area contributed by atoms with Gasteiger partial charge >= 0.3 is 12.1 Å². The third kappa shape index (κ3) is 9.08. The van der Waals surface area contributed by atoms with Crippen LogP contribution < -0.4 is 16.0 Å². The summed E-state index contributed by atoms with van der Waals surface area (Å²) in [5, 5.41) is 9.61. The monoisotopic (exact) mass is 526 g/mol. The van der Waals surface area contributed by atoms with Crippen molar-refractivity contribution in [3.63, 3.8) is 0 Å². The summed E-state index contributed by atoms with van der Waals surface area (Å²) in [5.74, 6) is 0.550. The van der Waals surface area contributed by atoms with Gasteiger partial charge in [-0.15, -0.1) is 0 Å². The molecular formula is C25H39ClN4O6. The predicted molar refractivity (Wildman–Crippen MR) is 136 cm³/mol. The maximum absolute atomic E-state index is 13.2. The predicted octanol–water partition coefficient (Wildman–Crippen LogP) is 2.57. The van der Waals surface area contributed by atoms with Gasteiger partial charge in [0.2, 0.25) is 0 Å². The summed E-state index contributed by atoms with van der Waals surface area (Å²) in [6.07, 6.45) is 1.60. The molecule has 0 aromatic heterocycles. The summed E-state index contributed by atoms with van der Waals surface area (Å²) < 4.78 is 22.3. The Morgan fingerprint density at radius 3 is 2.78 bits per heavy atom. The van der Waals surface area contributed by atoms with Gasteiger partial charge < -0.3 is 39.8 Å². The number of hydrogen-bond acceptors (Lipinski definition) is 7. The van der Waals surface area contributed by atoms with E-state index in [4.69, 9.17) is 25.8 Å². The third-order valence-electron chi connectivity index (χ3n) is 6.49. The summed E-state index contributed by atoms with van der Waals surface area (Å²) in [4.78, 5) is 26.4. The quantitative estimate of drug-likeness (QED) is 0.380. The Hall–Kier alpha value is -2.11. The first-order valence-corrected chi connectivity index (χ1v) is 13.0. The van der Waals surface area contributed by atoms with Gasteiger partial charge in [-0.1, -0.05) is 23.7 Å². The normalized spacial score (nSPS) is 20.4. The molecule has 0 radical (unpaired) electrons. The van der Waals surface area contributed by atoms with Gasteiger partial charge in [0, 0.05) is 43.9 Å². The topological polar surface area (TPSA) is 110 Å². The maximum atomic E-state index is 13.2. The summed E-state index contributed by atoms with van der Waals surface area (Å²) in [5.41, 5.74) is 0.848. The Labute approximate surface area is 218 Å². The highest BCUT2D eigenvalue weighted by molar-refractivity contribution is 6.30. The molecule has 0 spiro atoms. The first-order valence-electron chi connectivity index (χ1n) is 12.6. The number of rotatable bonds is 11. The molecule has 36 heavy (non-hydrogen) atoms. The Balaban J connectivity index is 1.62. The zero-order valence-corrected chi connectivity index (χ0v) is 21.9. The molecule has 3 atom stereocenters. The second-order valence-corrected chi connectivity index (χ2v) is 9.55. The van der Waals surface area contributed by atoms with Crippen molar-refractivity contribution in [3.8, 4) is 0 Å². The number of benzene rings is 1. The molecule has 2 aliphatic rings. The number of methoxy groups -OCH3 is 1. The van der Waals surface area contributed by atoms with Gasteiger partial charge in [-0.3, -0.25) is 0 Å². The van der Waals surface area contributed by atoms with Crippen molar-refractivity contribution < 1.29 is 28.5 Å². The number of morpholine rings is 1. The number of likely N-dealkylation sites (N-methyl/N-ethyl adjacent to an activating group) is 1. The van der Waals surface area contributed by atoms with Crippen molar-refractivity contribution in [2.75, 3.05) is 66.8 Å². The van der Waals surface area contributed by atoms with Crippen molar-refractivity contribution in [2.24, 2.45) is 5.92 Å². The van der Waals surface area contributed by atoms with Gasteiger partial charge in [0.15, 0.2) is 0 Å². The Morgan fingerprint density at radius 2 is 2.06 bits per heavy atom. The molecular weight excluding hydrogens is 488 g/mol. The molecule has 2 aliphatic heterocycles. The van der Waals surface area contributed by atoms with Gasteiger partial charge in [-0.2, -0.15) is 0 Å². The van der Waals surface area contributed by atoms with E-state index in [0.29, 0.717) is 37.2 Å². The molecule has 2 saturated heterocycles.